The van der Waals surface area contributed by atoms with Crippen LogP contribution in [0.3, 0.4) is 0 Å². The van der Waals surface area contributed by atoms with Gasteiger partial charge in [0.25, 0.3) is 0 Å². The minimum absolute atomic E-state index is 0.663. The first-order valence-electron chi connectivity index (χ1n) is 7.11. The second-order valence-electron chi connectivity index (χ2n) is 4.39. The molecule has 1 aromatic carbocycles. The lowest BCUT2D eigenvalue weighted by molar-refractivity contribution is 0.340. The van der Waals surface area contributed by atoms with Crippen LogP contribution in [-0.2, 0) is 6.42 Å². The molecule has 2 rings (SSSR count). The van der Waals surface area contributed by atoms with Crippen molar-refractivity contribution >= 4 is 5.82 Å². The van der Waals surface area contributed by atoms with Gasteiger partial charge >= 0.3 is 0 Å². The Morgan fingerprint density at radius 2 is 2.00 bits per heavy atom. The van der Waals surface area contributed by atoms with E-state index < -0.39 is 0 Å². The van der Waals surface area contributed by atoms with Gasteiger partial charge in [-0.2, -0.15) is 0 Å². The zero-order chi connectivity index (χ0) is 14.4. The first-order valence-corrected chi connectivity index (χ1v) is 7.11. The molecule has 0 aliphatic heterocycles. The summed E-state index contributed by atoms with van der Waals surface area (Å²) >= 11 is 0. The van der Waals surface area contributed by atoms with Gasteiger partial charge in [-0.1, -0.05) is 19.1 Å². The third kappa shape index (κ3) is 3.07. The third-order valence-corrected chi connectivity index (χ3v) is 3.06. The Balaban J connectivity index is 2.46. The van der Waals surface area contributed by atoms with Gasteiger partial charge in [0.2, 0.25) is 0 Å². The van der Waals surface area contributed by atoms with Crippen LogP contribution >= 0.6 is 0 Å². The molecule has 0 saturated heterocycles. The Hall–Kier alpha value is -2.10. The molecule has 0 radical (unpaired) electrons. The van der Waals surface area contributed by atoms with Crippen LogP contribution in [0.5, 0.6) is 5.75 Å². The van der Waals surface area contributed by atoms with Crippen molar-refractivity contribution in [1.29, 1.82) is 0 Å². The van der Waals surface area contributed by atoms with Gasteiger partial charge in [-0.25, -0.2) is 9.97 Å². The van der Waals surface area contributed by atoms with Crippen molar-refractivity contribution in [3.05, 3.63) is 36.2 Å². The number of hydrogen-bond acceptors (Lipinski definition) is 4. The minimum Gasteiger partial charge on any atom is -0.494 e. The van der Waals surface area contributed by atoms with E-state index >= 15 is 0 Å². The maximum absolute atomic E-state index is 5.56. The van der Waals surface area contributed by atoms with E-state index in [1.54, 1.807) is 6.33 Å². The SMILES string of the molecule is CCNc1ncnc(-c2cccc(OCC)c2)c1CC. The summed E-state index contributed by atoms with van der Waals surface area (Å²) in [7, 11) is 0. The average Bonchev–Trinajstić information content (AvgIpc) is 2.48. The maximum atomic E-state index is 5.56. The van der Waals surface area contributed by atoms with E-state index in [1.165, 1.54) is 0 Å². The summed E-state index contributed by atoms with van der Waals surface area (Å²) in [6, 6.07) is 8.04. The highest BCUT2D eigenvalue weighted by Crippen LogP contribution is 2.28. The largest absolute Gasteiger partial charge is 0.494 e. The molecular formula is C16H21N3O. The molecule has 0 spiro atoms. The van der Waals surface area contributed by atoms with E-state index in [0.717, 1.165) is 41.4 Å². The fourth-order valence-electron chi connectivity index (χ4n) is 2.22. The molecule has 106 valence electrons. The molecule has 0 saturated carbocycles. The highest BCUT2D eigenvalue weighted by atomic mass is 16.5. The lowest BCUT2D eigenvalue weighted by Crippen LogP contribution is -2.05. The molecule has 4 nitrogen and oxygen atoms in total. The van der Waals surface area contributed by atoms with Crippen molar-refractivity contribution in [3.63, 3.8) is 0 Å². The molecule has 1 N–H and O–H groups in total. The van der Waals surface area contributed by atoms with E-state index in [0.29, 0.717) is 6.61 Å². The predicted molar refractivity (Wildman–Crippen MR) is 82.2 cm³/mol. The topological polar surface area (TPSA) is 47.0 Å². The van der Waals surface area contributed by atoms with E-state index in [4.69, 9.17) is 4.74 Å². The number of anilines is 1. The Labute approximate surface area is 120 Å². The minimum atomic E-state index is 0.663. The summed E-state index contributed by atoms with van der Waals surface area (Å²) < 4.78 is 5.56. The Morgan fingerprint density at radius 3 is 2.70 bits per heavy atom. The van der Waals surface area contributed by atoms with Crippen LogP contribution in [0, 0.1) is 0 Å². The van der Waals surface area contributed by atoms with Gasteiger partial charge in [0.15, 0.2) is 0 Å². The fraction of sp³-hybridized carbons (Fsp3) is 0.375. The number of benzene rings is 1. The average molecular weight is 271 g/mol. The maximum Gasteiger partial charge on any atom is 0.133 e. The number of nitrogens with one attached hydrogen (secondary N) is 1. The van der Waals surface area contributed by atoms with Crippen LogP contribution in [0.2, 0.25) is 0 Å². The molecule has 4 heteroatoms. The monoisotopic (exact) mass is 271 g/mol. The number of ether oxygens (including phenoxy) is 1. The van der Waals surface area contributed by atoms with Crippen molar-refractivity contribution in [2.75, 3.05) is 18.5 Å². The van der Waals surface area contributed by atoms with Gasteiger partial charge in [0, 0.05) is 17.7 Å². The van der Waals surface area contributed by atoms with Gasteiger partial charge in [0.05, 0.1) is 12.3 Å². The summed E-state index contributed by atoms with van der Waals surface area (Å²) in [5.41, 5.74) is 3.18. The van der Waals surface area contributed by atoms with Crippen molar-refractivity contribution < 1.29 is 4.74 Å². The van der Waals surface area contributed by atoms with Gasteiger partial charge in [-0.15, -0.1) is 0 Å². The van der Waals surface area contributed by atoms with Gasteiger partial charge in [-0.05, 0) is 32.4 Å². The Kier molecular flexibility index (Phi) is 4.93. The van der Waals surface area contributed by atoms with Crippen LogP contribution in [0.4, 0.5) is 5.82 Å². The second kappa shape index (κ2) is 6.89. The van der Waals surface area contributed by atoms with Gasteiger partial charge in [0.1, 0.15) is 17.9 Å². The molecule has 0 aliphatic carbocycles. The summed E-state index contributed by atoms with van der Waals surface area (Å²) in [5.74, 6) is 1.79. The van der Waals surface area contributed by atoms with E-state index in [-0.39, 0.29) is 0 Å². The lowest BCUT2D eigenvalue weighted by Gasteiger charge is -2.13. The molecule has 1 aromatic heterocycles. The van der Waals surface area contributed by atoms with Crippen molar-refractivity contribution in [2.45, 2.75) is 27.2 Å². The normalized spacial score (nSPS) is 10.3. The van der Waals surface area contributed by atoms with Crippen LogP contribution < -0.4 is 10.1 Å². The molecular weight excluding hydrogens is 250 g/mol. The van der Waals surface area contributed by atoms with Crippen molar-refractivity contribution in [2.24, 2.45) is 0 Å². The number of nitrogens with zero attached hydrogens (tertiary/aromatic N) is 2. The first-order chi connectivity index (χ1) is 9.80. The quantitative estimate of drug-likeness (QED) is 0.873. The van der Waals surface area contributed by atoms with Crippen LogP contribution in [0.25, 0.3) is 11.3 Å². The molecule has 0 fully saturated rings. The van der Waals surface area contributed by atoms with Crippen LogP contribution in [0.15, 0.2) is 30.6 Å². The van der Waals surface area contributed by atoms with Crippen molar-refractivity contribution in [1.82, 2.24) is 9.97 Å². The zero-order valence-corrected chi connectivity index (χ0v) is 12.3. The molecule has 0 bridgehead atoms. The second-order valence-corrected chi connectivity index (χ2v) is 4.39. The summed E-state index contributed by atoms with van der Waals surface area (Å²) in [5, 5.41) is 3.29. The molecule has 2 aromatic rings. The molecule has 0 aliphatic rings. The van der Waals surface area contributed by atoms with Gasteiger partial charge in [-0.3, -0.25) is 0 Å². The smallest absolute Gasteiger partial charge is 0.133 e. The predicted octanol–water partition coefficient (Wildman–Crippen LogP) is 3.54. The summed E-state index contributed by atoms with van der Waals surface area (Å²) in [6.07, 6.45) is 2.50. The fourth-order valence-corrected chi connectivity index (χ4v) is 2.22. The summed E-state index contributed by atoms with van der Waals surface area (Å²) in [4.78, 5) is 8.79. The number of hydrogen-bond donors (Lipinski definition) is 1. The molecule has 0 unspecified atom stereocenters. The molecule has 1 heterocycles. The van der Waals surface area contributed by atoms with E-state index in [9.17, 15) is 0 Å². The van der Waals surface area contributed by atoms with Crippen LogP contribution in [0.1, 0.15) is 26.3 Å². The first kappa shape index (κ1) is 14.3. The zero-order valence-electron chi connectivity index (χ0n) is 12.3. The van der Waals surface area contributed by atoms with E-state index in [1.807, 2.05) is 25.1 Å². The number of aromatic nitrogens is 2. The van der Waals surface area contributed by atoms with Crippen molar-refractivity contribution in [3.8, 4) is 17.0 Å². The van der Waals surface area contributed by atoms with Gasteiger partial charge < -0.3 is 10.1 Å². The highest BCUT2D eigenvalue weighted by molar-refractivity contribution is 5.69. The summed E-state index contributed by atoms with van der Waals surface area (Å²) in [6.45, 7) is 7.68. The third-order valence-electron chi connectivity index (χ3n) is 3.06. The molecule has 0 atom stereocenters. The van der Waals surface area contributed by atoms with Crippen LogP contribution in [-0.4, -0.2) is 23.1 Å². The Morgan fingerprint density at radius 1 is 1.15 bits per heavy atom. The Bertz CT molecular complexity index is 569. The molecule has 0 amide bonds. The lowest BCUT2D eigenvalue weighted by atomic mass is 10.0. The standard InChI is InChI=1S/C16H21N3O/c1-4-14-15(18-11-19-16(14)17-5-2)12-8-7-9-13(10-12)20-6-3/h7-11H,4-6H2,1-3H3,(H,17,18,19). The highest BCUT2D eigenvalue weighted by Gasteiger charge is 2.11. The van der Waals surface area contributed by atoms with E-state index in [2.05, 4.69) is 35.2 Å². The molecule has 20 heavy (non-hydrogen) atoms. The number of rotatable bonds is 6.